The molecule has 0 unspecified atom stereocenters. The van der Waals surface area contributed by atoms with Crippen molar-refractivity contribution in [2.75, 3.05) is 0 Å². The van der Waals surface area contributed by atoms with Crippen LogP contribution < -0.4 is 15.2 Å². The normalized spacial score (nSPS) is 14.1. The third kappa shape index (κ3) is 1.42. The summed E-state index contributed by atoms with van der Waals surface area (Å²) in [5.74, 6) is 0. The van der Waals surface area contributed by atoms with Crippen LogP contribution in [0.1, 0.15) is 12.8 Å². The SMILES string of the molecule is OB(O)c1cccc2c3c(sc12)=CCCC=3. The van der Waals surface area contributed by atoms with Crippen LogP contribution in [0.4, 0.5) is 0 Å². The maximum absolute atomic E-state index is 9.32. The Morgan fingerprint density at radius 1 is 1.12 bits per heavy atom. The van der Waals surface area contributed by atoms with Gasteiger partial charge >= 0.3 is 7.12 Å². The highest BCUT2D eigenvalue weighted by molar-refractivity contribution is 7.18. The topological polar surface area (TPSA) is 40.5 Å². The lowest BCUT2D eigenvalue weighted by atomic mass is 9.80. The van der Waals surface area contributed by atoms with Crippen molar-refractivity contribution < 1.29 is 10.0 Å². The van der Waals surface area contributed by atoms with E-state index in [1.54, 1.807) is 17.4 Å². The van der Waals surface area contributed by atoms with Gasteiger partial charge in [0.2, 0.25) is 0 Å². The van der Waals surface area contributed by atoms with Crippen LogP contribution in [0.2, 0.25) is 0 Å². The van der Waals surface area contributed by atoms with Crippen LogP contribution in [0.3, 0.4) is 0 Å². The van der Waals surface area contributed by atoms with E-state index in [1.807, 2.05) is 12.1 Å². The lowest BCUT2D eigenvalue weighted by Crippen LogP contribution is -2.30. The van der Waals surface area contributed by atoms with Crippen LogP contribution in [0.15, 0.2) is 18.2 Å². The predicted octanol–water partition coefficient (Wildman–Crippen LogP) is -0.0641. The highest BCUT2D eigenvalue weighted by Gasteiger charge is 2.16. The Bertz CT molecular complexity index is 657. The Hall–Kier alpha value is -1.10. The maximum atomic E-state index is 9.32. The molecule has 1 aliphatic rings. The average Bonchev–Trinajstić information content (AvgIpc) is 2.67. The highest BCUT2D eigenvalue weighted by Crippen LogP contribution is 2.13. The number of hydrogen-bond acceptors (Lipinski definition) is 3. The van der Waals surface area contributed by atoms with E-state index in [-0.39, 0.29) is 0 Å². The van der Waals surface area contributed by atoms with E-state index < -0.39 is 7.12 Å². The second-order valence-electron chi connectivity index (χ2n) is 3.96. The number of fused-ring (bicyclic) bond motifs is 3. The molecule has 0 aliphatic heterocycles. The molecule has 3 rings (SSSR count). The van der Waals surface area contributed by atoms with Crippen LogP contribution >= 0.6 is 11.3 Å². The molecule has 4 heteroatoms. The molecule has 0 saturated carbocycles. The molecule has 0 spiro atoms. The minimum absolute atomic E-state index is 0.610. The summed E-state index contributed by atoms with van der Waals surface area (Å²) in [6.45, 7) is 0. The average molecular weight is 230 g/mol. The van der Waals surface area contributed by atoms with E-state index in [4.69, 9.17) is 0 Å². The summed E-state index contributed by atoms with van der Waals surface area (Å²) < 4.78 is 2.26. The van der Waals surface area contributed by atoms with E-state index in [1.165, 1.54) is 9.75 Å². The molecular weight excluding hydrogens is 219 g/mol. The van der Waals surface area contributed by atoms with Gasteiger partial charge in [-0.15, -0.1) is 11.3 Å². The predicted molar refractivity (Wildman–Crippen MR) is 69.1 cm³/mol. The zero-order valence-corrected chi connectivity index (χ0v) is 9.50. The van der Waals surface area contributed by atoms with E-state index >= 15 is 0 Å². The second-order valence-corrected chi connectivity index (χ2v) is 5.02. The molecule has 1 heterocycles. The lowest BCUT2D eigenvalue weighted by molar-refractivity contribution is 0.426. The van der Waals surface area contributed by atoms with Crippen molar-refractivity contribution in [3.63, 3.8) is 0 Å². The molecule has 1 aromatic heterocycles. The molecule has 0 amide bonds. The Balaban J connectivity index is 2.48. The number of benzene rings is 1. The molecule has 0 saturated heterocycles. The van der Waals surface area contributed by atoms with Gasteiger partial charge in [0.05, 0.1) is 0 Å². The molecular formula is C12H11BO2S. The molecule has 80 valence electrons. The maximum Gasteiger partial charge on any atom is 0.489 e. The summed E-state index contributed by atoms with van der Waals surface area (Å²) in [4.78, 5) is 0. The fourth-order valence-electron chi connectivity index (χ4n) is 2.19. The summed E-state index contributed by atoms with van der Waals surface area (Å²) in [7, 11) is -1.39. The molecule has 1 aliphatic carbocycles. The Morgan fingerprint density at radius 3 is 2.75 bits per heavy atom. The minimum atomic E-state index is -1.39. The number of hydrogen-bond donors (Lipinski definition) is 2. The van der Waals surface area contributed by atoms with Crippen molar-refractivity contribution in [1.29, 1.82) is 0 Å². The fraction of sp³-hybridized carbons (Fsp3) is 0.167. The molecule has 0 atom stereocenters. The largest absolute Gasteiger partial charge is 0.489 e. The van der Waals surface area contributed by atoms with Crippen LogP contribution in [-0.4, -0.2) is 17.2 Å². The first-order valence-corrected chi connectivity index (χ1v) is 6.17. The van der Waals surface area contributed by atoms with Crippen LogP contribution in [-0.2, 0) is 0 Å². The van der Waals surface area contributed by atoms with E-state index in [2.05, 4.69) is 12.2 Å². The Morgan fingerprint density at radius 2 is 1.94 bits per heavy atom. The molecule has 0 fully saturated rings. The van der Waals surface area contributed by atoms with Crippen LogP contribution in [0.5, 0.6) is 0 Å². The highest BCUT2D eigenvalue weighted by atomic mass is 32.1. The summed E-state index contributed by atoms with van der Waals surface area (Å²) in [6.07, 6.45) is 6.62. The van der Waals surface area contributed by atoms with E-state index in [0.717, 1.165) is 22.9 Å². The van der Waals surface area contributed by atoms with Gasteiger partial charge in [0.15, 0.2) is 0 Å². The third-order valence-corrected chi connectivity index (χ3v) is 4.20. The monoisotopic (exact) mass is 230 g/mol. The van der Waals surface area contributed by atoms with Gasteiger partial charge < -0.3 is 10.0 Å². The van der Waals surface area contributed by atoms with Gasteiger partial charge in [-0.3, -0.25) is 0 Å². The van der Waals surface area contributed by atoms with Crippen molar-refractivity contribution in [2.45, 2.75) is 12.8 Å². The van der Waals surface area contributed by atoms with Crippen LogP contribution in [0.25, 0.3) is 22.2 Å². The summed E-state index contributed by atoms with van der Waals surface area (Å²) in [5, 5.41) is 21.0. The lowest BCUT2D eigenvalue weighted by Gasteiger charge is -2.00. The fourth-order valence-corrected chi connectivity index (χ4v) is 3.49. The first-order chi connectivity index (χ1) is 7.77. The number of thiophene rings is 1. The van der Waals surface area contributed by atoms with Gasteiger partial charge in [-0.1, -0.05) is 30.4 Å². The zero-order valence-electron chi connectivity index (χ0n) is 8.68. The third-order valence-electron chi connectivity index (χ3n) is 2.94. The molecule has 0 radical (unpaired) electrons. The van der Waals surface area contributed by atoms with E-state index in [0.29, 0.717) is 5.46 Å². The van der Waals surface area contributed by atoms with Crippen molar-refractivity contribution in [3.8, 4) is 0 Å². The summed E-state index contributed by atoms with van der Waals surface area (Å²) in [6, 6.07) is 5.70. The molecule has 0 bridgehead atoms. The second kappa shape index (κ2) is 3.73. The first kappa shape index (κ1) is 10.1. The summed E-state index contributed by atoms with van der Waals surface area (Å²) >= 11 is 1.65. The molecule has 2 nitrogen and oxygen atoms in total. The van der Waals surface area contributed by atoms with Crippen molar-refractivity contribution in [3.05, 3.63) is 28.0 Å². The van der Waals surface area contributed by atoms with Gasteiger partial charge in [0, 0.05) is 9.23 Å². The Kier molecular flexibility index (Phi) is 2.35. The molecule has 1 aromatic carbocycles. The van der Waals surface area contributed by atoms with Crippen molar-refractivity contribution in [2.24, 2.45) is 0 Å². The Labute approximate surface area is 97.3 Å². The summed E-state index contributed by atoms with van der Waals surface area (Å²) in [5.41, 5.74) is 0.610. The van der Waals surface area contributed by atoms with Crippen molar-refractivity contribution in [1.82, 2.24) is 0 Å². The quantitative estimate of drug-likeness (QED) is 0.673. The van der Waals surface area contributed by atoms with Gasteiger partial charge in [0.1, 0.15) is 0 Å². The molecule has 16 heavy (non-hydrogen) atoms. The van der Waals surface area contributed by atoms with Crippen LogP contribution in [0, 0.1) is 0 Å². The van der Waals surface area contributed by atoms with Gasteiger partial charge in [-0.2, -0.15) is 0 Å². The molecule has 2 aromatic rings. The first-order valence-electron chi connectivity index (χ1n) is 5.35. The van der Waals surface area contributed by atoms with E-state index in [9.17, 15) is 10.0 Å². The smallest absolute Gasteiger partial charge is 0.423 e. The van der Waals surface area contributed by atoms with Gasteiger partial charge in [-0.05, 0) is 28.9 Å². The van der Waals surface area contributed by atoms with Gasteiger partial charge in [0.25, 0.3) is 0 Å². The minimum Gasteiger partial charge on any atom is -0.423 e. The standard InChI is InChI=1S/C12H11BO2S/c14-13(15)10-6-3-5-9-8-4-1-2-7-11(8)16-12(9)10/h3-7,14-15H,1-2H2. The molecule has 2 N–H and O–H groups in total. The van der Waals surface area contributed by atoms with Crippen molar-refractivity contribution >= 4 is 46.2 Å². The van der Waals surface area contributed by atoms with Gasteiger partial charge in [-0.25, -0.2) is 0 Å². The number of rotatable bonds is 1. The zero-order chi connectivity index (χ0) is 11.1.